The molecule has 0 amide bonds. The lowest BCUT2D eigenvalue weighted by molar-refractivity contribution is 1.01. The molecule has 0 unspecified atom stereocenters. The number of aromatic nitrogens is 2. The third-order valence-electron chi connectivity index (χ3n) is 3.00. The molecule has 5 heteroatoms. The zero-order chi connectivity index (χ0) is 13.8. The Bertz CT molecular complexity index is 536. The van der Waals surface area contributed by atoms with Gasteiger partial charge in [-0.05, 0) is 17.7 Å². The van der Waals surface area contributed by atoms with Crippen LogP contribution in [0.25, 0.3) is 0 Å². The summed E-state index contributed by atoms with van der Waals surface area (Å²) >= 11 is 0. The monoisotopic (exact) mass is 257 g/mol. The largest absolute Gasteiger partial charge is 0.363 e. The van der Waals surface area contributed by atoms with Crippen molar-refractivity contribution in [1.29, 1.82) is 0 Å². The van der Waals surface area contributed by atoms with Gasteiger partial charge < -0.3 is 15.5 Å². The number of nitrogens with two attached hydrogens (primary N) is 1. The summed E-state index contributed by atoms with van der Waals surface area (Å²) in [5, 5.41) is 0. The minimum atomic E-state index is 0.558. The molecule has 2 N–H and O–H groups in total. The Kier molecular flexibility index (Phi) is 3.97. The first kappa shape index (κ1) is 13.3. The molecule has 2 aromatic rings. The van der Waals surface area contributed by atoms with Gasteiger partial charge in [0.15, 0.2) is 0 Å². The van der Waals surface area contributed by atoms with Crippen molar-refractivity contribution in [2.45, 2.75) is 6.54 Å². The van der Waals surface area contributed by atoms with Gasteiger partial charge in [-0.25, -0.2) is 9.97 Å². The molecular weight excluding hydrogens is 238 g/mol. The topological polar surface area (TPSA) is 58.3 Å². The Morgan fingerprint density at radius 1 is 1.00 bits per heavy atom. The van der Waals surface area contributed by atoms with E-state index >= 15 is 0 Å². The van der Waals surface area contributed by atoms with Crippen LogP contribution in [0.3, 0.4) is 0 Å². The first-order valence-corrected chi connectivity index (χ1v) is 6.14. The van der Waals surface area contributed by atoms with E-state index in [-0.39, 0.29) is 0 Å². The zero-order valence-electron chi connectivity index (χ0n) is 11.5. The van der Waals surface area contributed by atoms with Crippen molar-refractivity contribution >= 4 is 17.3 Å². The molecule has 0 fully saturated rings. The zero-order valence-corrected chi connectivity index (χ0v) is 11.5. The van der Waals surface area contributed by atoms with Gasteiger partial charge in [-0.15, -0.1) is 0 Å². The predicted molar refractivity (Wildman–Crippen MR) is 78.8 cm³/mol. The number of hydrogen-bond acceptors (Lipinski definition) is 5. The van der Waals surface area contributed by atoms with Crippen LogP contribution in [0.15, 0.2) is 36.7 Å². The summed E-state index contributed by atoms with van der Waals surface area (Å²) in [6, 6.07) is 10.1. The van der Waals surface area contributed by atoms with Crippen molar-refractivity contribution in [3.63, 3.8) is 0 Å². The van der Waals surface area contributed by atoms with Crippen LogP contribution in [0.4, 0.5) is 17.3 Å². The number of rotatable bonds is 4. The number of hydrogen-bond donors (Lipinski definition) is 1. The van der Waals surface area contributed by atoms with Gasteiger partial charge in [0.05, 0.1) is 0 Å². The molecule has 0 saturated heterocycles. The highest BCUT2D eigenvalue weighted by molar-refractivity contribution is 5.61. The molecule has 100 valence electrons. The fourth-order valence-electron chi connectivity index (χ4n) is 1.75. The standard InChI is InChI=1S/C14H19N5/c1-18(2)13-8-14(17-10-16-13)19(3)12-6-4-11(9-15)5-7-12/h4-8,10H,9,15H2,1-3H3. The van der Waals surface area contributed by atoms with E-state index in [1.807, 2.05) is 61.3 Å². The Balaban J connectivity index is 2.27. The SMILES string of the molecule is CN(C)c1cc(N(C)c2ccc(CN)cc2)ncn1. The van der Waals surface area contributed by atoms with Crippen molar-refractivity contribution in [1.82, 2.24) is 9.97 Å². The first-order chi connectivity index (χ1) is 9.11. The van der Waals surface area contributed by atoms with Crippen LogP contribution in [-0.4, -0.2) is 31.1 Å². The van der Waals surface area contributed by atoms with E-state index in [0.29, 0.717) is 6.54 Å². The van der Waals surface area contributed by atoms with Gasteiger partial charge in [-0.3, -0.25) is 0 Å². The summed E-state index contributed by atoms with van der Waals surface area (Å²) in [6.45, 7) is 0.558. The highest BCUT2D eigenvalue weighted by Crippen LogP contribution is 2.23. The van der Waals surface area contributed by atoms with Crippen molar-refractivity contribution < 1.29 is 0 Å². The van der Waals surface area contributed by atoms with Crippen molar-refractivity contribution in [3.05, 3.63) is 42.2 Å². The van der Waals surface area contributed by atoms with Crippen molar-refractivity contribution in [3.8, 4) is 0 Å². The third-order valence-corrected chi connectivity index (χ3v) is 3.00. The average molecular weight is 257 g/mol. The molecule has 0 spiro atoms. The molecule has 1 heterocycles. The Morgan fingerprint density at radius 2 is 1.63 bits per heavy atom. The van der Waals surface area contributed by atoms with E-state index in [1.165, 1.54) is 0 Å². The average Bonchev–Trinajstić information content (AvgIpc) is 2.46. The summed E-state index contributed by atoms with van der Waals surface area (Å²) in [7, 11) is 5.91. The van der Waals surface area contributed by atoms with Crippen molar-refractivity contribution in [2.24, 2.45) is 5.73 Å². The second-order valence-electron chi connectivity index (χ2n) is 4.56. The highest BCUT2D eigenvalue weighted by Gasteiger charge is 2.07. The summed E-state index contributed by atoms with van der Waals surface area (Å²) in [5.74, 6) is 1.75. The Morgan fingerprint density at radius 3 is 2.21 bits per heavy atom. The minimum Gasteiger partial charge on any atom is -0.363 e. The maximum atomic E-state index is 5.60. The van der Waals surface area contributed by atoms with E-state index in [0.717, 1.165) is 22.9 Å². The van der Waals surface area contributed by atoms with Crippen LogP contribution in [0, 0.1) is 0 Å². The minimum absolute atomic E-state index is 0.558. The molecule has 5 nitrogen and oxygen atoms in total. The maximum Gasteiger partial charge on any atom is 0.138 e. The van der Waals surface area contributed by atoms with Crippen LogP contribution in [0.1, 0.15) is 5.56 Å². The summed E-state index contributed by atoms with van der Waals surface area (Å²) in [6.07, 6.45) is 1.58. The van der Waals surface area contributed by atoms with Gasteiger partial charge in [-0.2, -0.15) is 0 Å². The van der Waals surface area contributed by atoms with Gasteiger partial charge in [0.2, 0.25) is 0 Å². The highest BCUT2D eigenvalue weighted by atomic mass is 15.2. The van der Waals surface area contributed by atoms with Gasteiger partial charge in [0, 0.05) is 39.4 Å². The fraction of sp³-hybridized carbons (Fsp3) is 0.286. The fourth-order valence-corrected chi connectivity index (χ4v) is 1.75. The lowest BCUT2D eigenvalue weighted by Gasteiger charge is -2.20. The van der Waals surface area contributed by atoms with Crippen molar-refractivity contribution in [2.75, 3.05) is 30.9 Å². The van der Waals surface area contributed by atoms with Gasteiger partial charge in [-0.1, -0.05) is 12.1 Å². The molecule has 0 aliphatic heterocycles. The molecule has 2 rings (SSSR count). The predicted octanol–water partition coefficient (Wildman–Crippen LogP) is 1.77. The van der Waals surface area contributed by atoms with E-state index in [9.17, 15) is 0 Å². The van der Waals surface area contributed by atoms with E-state index in [4.69, 9.17) is 5.73 Å². The van der Waals surface area contributed by atoms with E-state index in [2.05, 4.69) is 9.97 Å². The second kappa shape index (κ2) is 5.67. The number of anilines is 3. The quantitative estimate of drug-likeness (QED) is 0.904. The molecule has 0 aliphatic carbocycles. The Labute approximate surface area is 113 Å². The molecular formula is C14H19N5. The number of nitrogens with zero attached hydrogens (tertiary/aromatic N) is 4. The summed E-state index contributed by atoms with van der Waals surface area (Å²) < 4.78 is 0. The van der Waals surface area contributed by atoms with E-state index < -0.39 is 0 Å². The maximum absolute atomic E-state index is 5.60. The van der Waals surface area contributed by atoms with Crippen LogP contribution in [0.5, 0.6) is 0 Å². The molecule has 1 aromatic heterocycles. The smallest absolute Gasteiger partial charge is 0.138 e. The molecule has 0 radical (unpaired) electrons. The lowest BCUT2D eigenvalue weighted by atomic mass is 10.2. The summed E-state index contributed by atoms with van der Waals surface area (Å²) in [5.41, 5.74) is 7.79. The van der Waals surface area contributed by atoms with Gasteiger partial charge in [0.1, 0.15) is 18.0 Å². The summed E-state index contributed by atoms with van der Waals surface area (Å²) in [4.78, 5) is 12.5. The molecule has 0 aliphatic rings. The van der Waals surface area contributed by atoms with Crippen LogP contribution in [0.2, 0.25) is 0 Å². The van der Waals surface area contributed by atoms with Crippen LogP contribution < -0.4 is 15.5 Å². The normalized spacial score (nSPS) is 10.3. The first-order valence-electron chi connectivity index (χ1n) is 6.14. The molecule has 0 atom stereocenters. The van der Waals surface area contributed by atoms with Gasteiger partial charge in [0.25, 0.3) is 0 Å². The van der Waals surface area contributed by atoms with E-state index in [1.54, 1.807) is 6.33 Å². The Hall–Kier alpha value is -2.14. The lowest BCUT2D eigenvalue weighted by Crippen LogP contribution is -2.15. The molecule has 0 saturated carbocycles. The second-order valence-corrected chi connectivity index (χ2v) is 4.56. The number of benzene rings is 1. The molecule has 0 bridgehead atoms. The molecule has 1 aromatic carbocycles. The molecule has 19 heavy (non-hydrogen) atoms. The van der Waals surface area contributed by atoms with Crippen LogP contribution >= 0.6 is 0 Å². The van der Waals surface area contributed by atoms with Crippen LogP contribution in [-0.2, 0) is 6.54 Å². The third kappa shape index (κ3) is 3.00. The van der Waals surface area contributed by atoms with Gasteiger partial charge >= 0.3 is 0 Å².